The van der Waals surface area contributed by atoms with Crippen molar-refractivity contribution in [2.45, 2.75) is 92.9 Å². The van der Waals surface area contributed by atoms with Crippen LogP contribution in [0.1, 0.15) is 93.2 Å². The Morgan fingerprint density at radius 2 is 1.16 bits per heavy atom. The van der Waals surface area contributed by atoms with Gasteiger partial charge in [-0.1, -0.05) is 74.2 Å². The summed E-state index contributed by atoms with van der Waals surface area (Å²) in [6, 6.07) is 23.8. The number of allylic oxidation sites excluding steroid dienone is 5. The van der Waals surface area contributed by atoms with Gasteiger partial charge in [-0.05, 0) is 101 Å². The molecule has 0 amide bonds. The van der Waals surface area contributed by atoms with Gasteiger partial charge in [0.15, 0.2) is 18.0 Å². The maximum Gasteiger partial charge on any atom is 0.210 e. The van der Waals surface area contributed by atoms with E-state index in [4.69, 9.17) is 0 Å². The van der Waals surface area contributed by atoms with Gasteiger partial charge in [-0.3, -0.25) is 4.79 Å². The van der Waals surface area contributed by atoms with Crippen LogP contribution in [0, 0.1) is 0 Å². The molecule has 330 valence electrons. The van der Waals surface area contributed by atoms with Crippen molar-refractivity contribution in [3.8, 4) is 0 Å². The molecular weight excluding hydrogens is 777 g/mol. The van der Waals surface area contributed by atoms with Crippen LogP contribution in [0.15, 0.2) is 108 Å². The van der Waals surface area contributed by atoms with Gasteiger partial charge in [0.1, 0.15) is 0 Å². The SMILES string of the molecule is CC1(C)C(/C=C2\C(=O)C(/C=C3\N(CCC(=O)[O-])c4ccc5ccccc5c4C3(C)C)=C2[O-])=[N+](CCC(=O)[O-])c2ccc3ccccc3c21.CC[NH+](CC)CC.CC[NH+](CC)CC. The number of aliphatic carboxylic acids is 2. The highest BCUT2D eigenvalue weighted by molar-refractivity contribution is 6.24. The lowest BCUT2D eigenvalue weighted by Gasteiger charge is -2.33. The number of quaternary nitrogens is 2. The molecule has 62 heavy (non-hydrogen) atoms. The molecule has 7 rings (SSSR count). The third-order valence-corrected chi connectivity index (χ3v) is 13.1. The maximum absolute atomic E-state index is 13.9. The molecule has 4 aromatic rings. The molecule has 0 bridgehead atoms. The van der Waals surface area contributed by atoms with Crippen LogP contribution in [-0.2, 0) is 25.2 Å². The summed E-state index contributed by atoms with van der Waals surface area (Å²) in [5, 5.41) is 41.1. The first kappa shape index (κ1) is 47.5. The first-order valence-corrected chi connectivity index (χ1v) is 22.5. The number of ketones is 1. The maximum atomic E-state index is 13.9. The first-order valence-electron chi connectivity index (χ1n) is 22.5. The van der Waals surface area contributed by atoms with E-state index < -0.39 is 34.3 Å². The third kappa shape index (κ3) is 9.42. The Balaban J connectivity index is 0.000000448. The quantitative estimate of drug-likeness (QED) is 0.147. The van der Waals surface area contributed by atoms with Crippen LogP contribution in [0.5, 0.6) is 0 Å². The molecule has 10 nitrogen and oxygen atoms in total. The Bertz CT molecular complexity index is 2420. The summed E-state index contributed by atoms with van der Waals surface area (Å²) in [5.74, 6) is -3.20. The molecule has 0 aromatic heterocycles. The molecule has 0 unspecified atom stereocenters. The zero-order valence-electron chi connectivity index (χ0n) is 38.5. The van der Waals surface area contributed by atoms with Crippen molar-refractivity contribution >= 4 is 56.4 Å². The van der Waals surface area contributed by atoms with Crippen LogP contribution in [-0.4, -0.2) is 80.4 Å². The number of rotatable bonds is 14. The molecule has 3 aliphatic rings. The van der Waals surface area contributed by atoms with Crippen LogP contribution in [0.25, 0.3) is 21.5 Å². The highest BCUT2D eigenvalue weighted by Gasteiger charge is 2.47. The molecule has 2 heterocycles. The monoisotopic (exact) mass is 842 g/mol. The van der Waals surface area contributed by atoms with Gasteiger partial charge in [-0.15, -0.1) is 0 Å². The summed E-state index contributed by atoms with van der Waals surface area (Å²) in [4.78, 5) is 42.2. The topological polar surface area (TPSA) is 136 Å². The number of anilines is 1. The Hall–Kier alpha value is -5.58. The average molecular weight is 843 g/mol. The van der Waals surface area contributed by atoms with Gasteiger partial charge >= 0.3 is 0 Å². The lowest BCUT2D eigenvalue weighted by atomic mass is 9.76. The van der Waals surface area contributed by atoms with Gasteiger partial charge in [0.05, 0.1) is 44.7 Å². The number of hydrogen-bond acceptors (Lipinski definition) is 7. The van der Waals surface area contributed by atoms with Gasteiger partial charge < -0.3 is 39.6 Å². The molecule has 10 heteroatoms. The van der Waals surface area contributed by atoms with E-state index >= 15 is 0 Å². The Morgan fingerprint density at radius 3 is 1.65 bits per heavy atom. The van der Waals surface area contributed by atoms with Crippen LogP contribution in [0.2, 0.25) is 0 Å². The van der Waals surface area contributed by atoms with Crippen molar-refractivity contribution in [1.29, 1.82) is 0 Å². The lowest BCUT2D eigenvalue weighted by molar-refractivity contribution is -0.894. The van der Waals surface area contributed by atoms with Gasteiger partial charge in [-0.2, -0.15) is 4.58 Å². The highest BCUT2D eigenvalue weighted by atomic mass is 16.4. The normalized spacial score (nSPS) is 17.4. The Kier molecular flexibility index (Phi) is 15.4. The summed E-state index contributed by atoms with van der Waals surface area (Å²) in [6.45, 7) is 29.3. The molecule has 0 spiro atoms. The summed E-state index contributed by atoms with van der Waals surface area (Å²) in [7, 11) is 0. The molecule has 0 saturated carbocycles. The molecule has 2 N–H and O–H groups in total. The number of carboxylic acid groups (broad SMARTS) is 2. The number of Topliss-reactive ketones (excluding diaryl/α,β-unsaturated/α-hetero) is 1. The largest absolute Gasteiger partial charge is 0.871 e. The first-order chi connectivity index (χ1) is 29.5. The van der Waals surface area contributed by atoms with E-state index in [1.54, 1.807) is 22.0 Å². The van der Waals surface area contributed by atoms with Gasteiger partial charge in [0, 0.05) is 77.0 Å². The molecule has 4 aromatic carbocycles. The standard InChI is InChI=1S/C40H36N2O6.2C6H15N/c1-39(2)31(41(19-17-33(43)44)29-15-13-23-9-5-7-11-25(23)35(29)39)21-27-37(47)28(38(27)48)22-32-40(3,4)36-26-12-8-6-10-24(26)14-16-30(36)42(32)20-18-34(45)46;2*1-4-7(5-2)6-3/h5-16,21-22H,17-20H2,1-4H3,(H2-,43,44,45,46,47,48);2*4-6H2,1-3H3. The molecule has 0 fully saturated rings. The second kappa shape index (κ2) is 20.1. The lowest BCUT2D eigenvalue weighted by Crippen LogP contribution is -3.11. The van der Waals surface area contributed by atoms with E-state index in [9.17, 15) is 29.7 Å². The molecular formula is C52H66N4O6. The number of carboxylic acids is 2. The Labute approximate surface area is 368 Å². The number of carbonyl (C=O) groups is 3. The van der Waals surface area contributed by atoms with E-state index in [0.29, 0.717) is 11.4 Å². The second-order valence-corrected chi connectivity index (χ2v) is 17.3. The fourth-order valence-electron chi connectivity index (χ4n) is 9.35. The van der Waals surface area contributed by atoms with E-state index in [2.05, 4.69) is 41.5 Å². The van der Waals surface area contributed by atoms with Crippen molar-refractivity contribution in [1.82, 2.24) is 0 Å². The number of nitrogens with one attached hydrogen (secondary N) is 2. The molecule has 2 aliphatic heterocycles. The average Bonchev–Trinajstić information content (AvgIpc) is 3.62. The van der Waals surface area contributed by atoms with Crippen LogP contribution >= 0.6 is 0 Å². The van der Waals surface area contributed by atoms with Crippen LogP contribution < -0.4 is 30.0 Å². The highest BCUT2D eigenvalue weighted by Crippen LogP contribution is 2.52. The van der Waals surface area contributed by atoms with Gasteiger partial charge in [-0.25, -0.2) is 0 Å². The third-order valence-electron chi connectivity index (χ3n) is 13.1. The summed E-state index contributed by atoms with van der Waals surface area (Å²) in [6.07, 6.45) is 2.78. The van der Waals surface area contributed by atoms with E-state index in [0.717, 1.165) is 44.0 Å². The zero-order valence-corrected chi connectivity index (χ0v) is 38.5. The minimum atomic E-state index is -1.19. The number of nitrogens with zero attached hydrogens (tertiary/aromatic N) is 2. The van der Waals surface area contributed by atoms with E-state index in [1.165, 1.54) is 39.3 Å². The Morgan fingerprint density at radius 1 is 0.661 bits per heavy atom. The molecule has 0 atom stereocenters. The van der Waals surface area contributed by atoms with E-state index in [1.807, 2.05) is 110 Å². The van der Waals surface area contributed by atoms with Crippen molar-refractivity contribution < 1.29 is 44.1 Å². The fourth-order valence-corrected chi connectivity index (χ4v) is 9.35. The van der Waals surface area contributed by atoms with Crippen molar-refractivity contribution in [3.05, 3.63) is 119 Å². The van der Waals surface area contributed by atoms with Crippen LogP contribution in [0.3, 0.4) is 0 Å². The summed E-state index contributed by atoms with van der Waals surface area (Å²) < 4.78 is 1.88. The number of hydrogen-bond donors (Lipinski definition) is 2. The van der Waals surface area contributed by atoms with Gasteiger partial charge in [0.25, 0.3) is 0 Å². The van der Waals surface area contributed by atoms with Gasteiger partial charge in [0.2, 0.25) is 5.69 Å². The number of carbonyl (C=O) groups excluding carboxylic acids is 3. The molecule has 0 radical (unpaired) electrons. The van der Waals surface area contributed by atoms with Crippen molar-refractivity contribution in [3.63, 3.8) is 0 Å². The fraction of sp³-hybridized carbons (Fsp3) is 0.423. The van der Waals surface area contributed by atoms with Crippen molar-refractivity contribution in [2.24, 2.45) is 0 Å². The predicted molar refractivity (Wildman–Crippen MR) is 244 cm³/mol. The minimum Gasteiger partial charge on any atom is -0.871 e. The summed E-state index contributed by atoms with van der Waals surface area (Å²) in [5.41, 5.74) is 3.74. The van der Waals surface area contributed by atoms with Crippen LogP contribution in [0.4, 0.5) is 11.4 Å². The minimum absolute atomic E-state index is 0.0283. The van der Waals surface area contributed by atoms with Crippen molar-refractivity contribution in [2.75, 3.05) is 57.3 Å². The second-order valence-electron chi connectivity index (χ2n) is 17.3. The van der Waals surface area contributed by atoms with E-state index in [-0.39, 0.29) is 37.1 Å². The zero-order chi connectivity index (χ0) is 45.5. The number of fused-ring (bicyclic) bond motifs is 6. The molecule has 1 aliphatic carbocycles. The molecule has 0 saturated heterocycles. The smallest absolute Gasteiger partial charge is 0.210 e. The predicted octanol–water partition coefficient (Wildman–Crippen LogP) is 3.32. The summed E-state index contributed by atoms with van der Waals surface area (Å²) >= 11 is 0. The number of benzene rings is 4.